The molecule has 2 fully saturated rings. The monoisotopic (exact) mass is 455 g/mol. The van der Waals surface area contributed by atoms with E-state index in [0.717, 1.165) is 24.1 Å². The van der Waals surface area contributed by atoms with Crippen molar-refractivity contribution in [3.05, 3.63) is 76.4 Å². The van der Waals surface area contributed by atoms with Crippen LogP contribution in [-0.2, 0) is 9.53 Å². The second-order valence-corrected chi connectivity index (χ2v) is 10.2. The van der Waals surface area contributed by atoms with Crippen LogP contribution in [0, 0.1) is 39.4 Å². The standard InChI is InChI=1S/C19H17N3O.C10H16O/c1-14-9-16(17(12-20)13-21)11-19(23-14)18(22(2)3)10-15-7-5-4-6-8-15;1-9(2)7-4-5-10(9,3)8(11)6-7/h4-11H,1-3H3;7H,4-6H2,1-3H3. The van der Waals surface area contributed by atoms with Crippen molar-refractivity contribution >= 4 is 11.9 Å². The molecule has 2 atom stereocenters. The van der Waals surface area contributed by atoms with Crippen LogP contribution in [0.1, 0.15) is 52.5 Å². The number of ketones is 1. The van der Waals surface area contributed by atoms with Crippen LogP contribution in [-0.4, -0.2) is 24.8 Å². The van der Waals surface area contributed by atoms with Crippen molar-refractivity contribution in [3.63, 3.8) is 0 Å². The van der Waals surface area contributed by atoms with Crippen molar-refractivity contribution in [2.75, 3.05) is 14.1 Å². The molecule has 0 radical (unpaired) electrons. The summed E-state index contributed by atoms with van der Waals surface area (Å²) in [6.07, 6.45) is 8.67. The highest BCUT2D eigenvalue weighted by Gasteiger charge is 2.61. The molecule has 5 heteroatoms. The Kier molecular flexibility index (Phi) is 7.18. The quantitative estimate of drug-likeness (QED) is 0.511. The number of fused-ring (bicyclic) bond motifs is 2. The van der Waals surface area contributed by atoms with Gasteiger partial charge in [-0.15, -0.1) is 0 Å². The first-order valence-electron chi connectivity index (χ1n) is 11.6. The Hall–Kier alpha value is -3.57. The summed E-state index contributed by atoms with van der Waals surface area (Å²) < 4.78 is 5.81. The summed E-state index contributed by atoms with van der Waals surface area (Å²) in [5.41, 5.74) is 2.84. The van der Waals surface area contributed by atoms with E-state index in [9.17, 15) is 4.79 Å². The van der Waals surface area contributed by atoms with Gasteiger partial charge in [0.25, 0.3) is 0 Å². The lowest BCUT2D eigenvalue weighted by molar-refractivity contribution is -0.128. The van der Waals surface area contributed by atoms with Crippen molar-refractivity contribution in [2.24, 2.45) is 16.7 Å². The van der Waals surface area contributed by atoms with Crippen LogP contribution in [0.15, 0.2) is 70.8 Å². The van der Waals surface area contributed by atoms with E-state index in [0.29, 0.717) is 28.8 Å². The lowest BCUT2D eigenvalue weighted by Gasteiger charge is -2.32. The van der Waals surface area contributed by atoms with Gasteiger partial charge in [0.2, 0.25) is 0 Å². The molecule has 5 nitrogen and oxygen atoms in total. The van der Waals surface area contributed by atoms with E-state index in [1.54, 1.807) is 19.1 Å². The van der Waals surface area contributed by atoms with E-state index < -0.39 is 0 Å². The molecule has 0 spiro atoms. The molecule has 1 aliphatic heterocycles. The molecule has 2 saturated carbocycles. The summed E-state index contributed by atoms with van der Waals surface area (Å²) in [7, 11) is 3.84. The van der Waals surface area contributed by atoms with Gasteiger partial charge in [0.05, 0.1) is 5.70 Å². The fourth-order valence-electron chi connectivity index (χ4n) is 5.09. The van der Waals surface area contributed by atoms with Crippen LogP contribution in [0.4, 0.5) is 0 Å². The number of Topliss-reactive ketones (excluding diaryl/α,β-unsaturated/α-hetero) is 1. The van der Waals surface area contributed by atoms with E-state index in [4.69, 9.17) is 15.3 Å². The van der Waals surface area contributed by atoms with Crippen molar-refractivity contribution in [2.45, 2.75) is 47.0 Å². The van der Waals surface area contributed by atoms with Crippen molar-refractivity contribution in [1.82, 2.24) is 4.90 Å². The third-order valence-electron chi connectivity index (χ3n) is 7.75. The van der Waals surface area contributed by atoms with Gasteiger partial charge in [-0.2, -0.15) is 10.5 Å². The maximum atomic E-state index is 11.6. The summed E-state index contributed by atoms with van der Waals surface area (Å²) in [5.74, 6) is 2.44. The van der Waals surface area contributed by atoms with Crippen LogP contribution in [0.5, 0.6) is 0 Å². The molecule has 2 aliphatic carbocycles. The van der Waals surface area contributed by atoms with Crippen LogP contribution >= 0.6 is 0 Å². The molecule has 1 heterocycles. The normalized spacial score (nSPS) is 24.6. The summed E-state index contributed by atoms with van der Waals surface area (Å²) in [6.45, 7) is 8.47. The van der Waals surface area contributed by atoms with Gasteiger partial charge in [-0.3, -0.25) is 4.79 Å². The van der Waals surface area contributed by atoms with Crippen molar-refractivity contribution < 1.29 is 9.53 Å². The van der Waals surface area contributed by atoms with E-state index >= 15 is 0 Å². The number of rotatable bonds is 3. The van der Waals surface area contributed by atoms with E-state index in [1.165, 1.54) is 6.42 Å². The predicted molar refractivity (Wildman–Crippen MR) is 134 cm³/mol. The van der Waals surface area contributed by atoms with Crippen LogP contribution < -0.4 is 0 Å². The summed E-state index contributed by atoms with van der Waals surface area (Å²) in [4.78, 5) is 13.5. The van der Waals surface area contributed by atoms with Gasteiger partial charge in [-0.05, 0) is 54.9 Å². The fourth-order valence-corrected chi connectivity index (χ4v) is 5.09. The Morgan fingerprint density at radius 1 is 1.12 bits per heavy atom. The van der Waals surface area contributed by atoms with E-state index in [2.05, 4.69) is 20.8 Å². The van der Waals surface area contributed by atoms with Gasteiger partial charge in [-0.25, -0.2) is 0 Å². The van der Waals surface area contributed by atoms with Gasteiger partial charge in [0, 0.05) is 31.5 Å². The zero-order valence-corrected chi connectivity index (χ0v) is 21.0. The topological polar surface area (TPSA) is 77.1 Å². The van der Waals surface area contributed by atoms with Gasteiger partial charge in [0.15, 0.2) is 5.76 Å². The number of ether oxygens (including phenoxy) is 1. The van der Waals surface area contributed by atoms with Crippen molar-refractivity contribution in [3.8, 4) is 12.1 Å². The number of nitriles is 2. The Labute approximate surface area is 203 Å². The third kappa shape index (κ3) is 4.70. The molecule has 0 aromatic heterocycles. The highest BCUT2D eigenvalue weighted by Crippen LogP contribution is 2.63. The Bertz CT molecular complexity index is 1150. The zero-order valence-electron chi connectivity index (χ0n) is 21.0. The molecule has 1 aromatic carbocycles. The lowest BCUT2D eigenvalue weighted by atomic mass is 9.70. The Balaban J connectivity index is 0.000000243. The van der Waals surface area contributed by atoms with Gasteiger partial charge < -0.3 is 9.64 Å². The SMILES string of the molecule is CC12CCC(CC1=O)C2(C)C.CC1=CC(=C(C#N)C#N)C=C(C(=Cc2ccccc2)N(C)C)O1. The number of hydrogen-bond acceptors (Lipinski definition) is 5. The van der Waals surface area contributed by atoms with Crippen LogP contribution in [0.2, 0.25) is 0 Å². The summed E-state index contributed by atoms with van der Waals surface area (Å²) >= 11 is 0. The van der Waals surface area contributed by atoms with Gasteiger partial charge in [-0.1, -0.05) is 51.1 Å². The number of likely N-dealkylation sites (N-methyl/N-ethyl adjacent to an activating group) is 1. The summed E-state index contributed by atoms with van der Waals surface area (Å²) in [5, 5.41) is 18.2. The number of hydrogen-bond donors (Lipinski definition) is 0. The van der Waals surface area contributed by atoms with Crippen LogP contribution in [0.25, 0.3) is 6.08 Å². The van der Waals surface area contributed by atoms with Gasteiger partial charge in [0.1, 0.15) is 29.3 Å². The maximum Gasteiger partial charge on any atom is 0.150 e. The third-order valence-corrected chi connectivity index (χ3v) is 7.75. The first-order valence-corrected chi connectivity index (χ1v) is 11.6. The minimum atomic E-state index is 0.0255. The lowest BCUT2D eigenvalue weighted by Crippen LogP contribution is -2.32. The molecular weight excluding hydrogens is 422 g/mol. The van der Waals surface area contributed by atoms with E-state index in [-0.39, 0.29) is 16.4 Å². The van der Waals surface area contributed by atoms with Crippen molar-refractivity contribution in [1.29, 1.82) is 10.5 Å². The number of allylic oxidation sites excluding steroid dienone is 5. The average Bonchev–Trinajstić information content (AvgIpc) is 3.12. The Morgan fingerprint density at radius 3 is 2.21 bits per heavy atom. The molecule has 0 N–H and O–H groups in total. The molecule has 3 aliphatic rings. The second-order valence-electron chi connectivity index (χ2n) is 10.2. The first kappa shape index (κ1) is 25.1. The average molecular weight is 456 g/mol. The molecular formula is C29H33N3O2. The van der Waals surface area contributed by atoms with E-state index in [1.807, 2.05) is 67.5 Å². The molecule has 0 saturated heterocycles. The molecule has 34 heavy (non-hydrogen) atoms. The minimum Gasteiger partial charge on any atom is -0.460 e. The zero-order chi connectivity index (χ0) is 25.1. The maximum absolute atomic E-state index is 11.6. The second kappa shape index (κ2) is 9.74. The smallest absolute Gasteiger partial charge is 0.150 e. The Morgan fingerprint density at radius 2 is 1.76 bits per heavy atom. The number of carbonyl (C=O) groups excluding carboxylic acids is 1. The predicted octanol–water partition coefficient (Wildman–Crippen LogP) is 6.15. The molecule has 1 aromatic rings. The number of carbonyl (C=O) groups is 1. The first-order chi connectivity index (χ1) is 16.0. The fraction of sp³-hybridized carbons (Fsp3) is 0.414. The molecule has 4 rings (SSSR count). The van der Waals surface area contributed by atoms with Crippen LogP contribution in [0.3, 0.4) is 0 Å². The highest BCUT2D eigenvalue weighted by atomic mass is 16.5. The molecule has 0 amide bonds. The largest absolute Gasteiger partial charge is 0.460 e. The number of benzene rings is 1. The van der Waals surface area contributed by atoms with Gasteiger partial charge >= 0.3 is 0 Å². The number of nitrogens with zero attached hydrogens (tertiary/aromatic N) is 3. The summed E-state index contributed by atoms with van der Waals surface area (Å²) in [6, 6.07) is 13.7. The molecule has 2 bridgehead atoms. The molecule has 176 valence electrons. The minimum absolute atomic E-state index is 0.0255. The highest BCUT2D eigenvalue weighted by molar-refractivity contribution is 5.89. The molecule has 2 unspecified atom stereocenters.